The van der Waals surface area contributed by atoms with Crippen LogP contribution in [0.1, 0.15) is 12.5 Å². The molecular weight excluding hydrogens is 274 g/mol. The summed E-state index contributed by atoms with van der Waals surface area (Å²) in [5.41, 5.74) is -0.581. The summed E-state index contributed by atoms with van der Waals surface area (Å²) in [6, 6.07) is 10.8. The van der Waals surface area contributed by atoms with Crippen molar-refractivity contribution in [2.24, 2.45) is 0 Å². The van der Waals surface area contributed by atoms with Gasteiger partial charge in [0, 0.05) is 6.07 Å². The fourth-order valence-corrected chi connectivity index (χ4v) is 2.18. The fraction of sp³-hybridized carbons (Fsp3) is 0.214. The molecule has 20 heavy (non-hydrogen) atoms. The summed E-state index contributed by atoms with van der Waals surface area (Å²) < 4.78 is 0. The summed E-state index contributed by atoms with van der Waals surface area (Å²) in [6.07, 6.45) is 3.32. The van der Waals surface area contributed by atoms with Crippen LogP contribution in [0, 0.1) is 0 Å². The number of aliphatic carboxylic acids is 1. The van der Waals surface area contributed by atoms with Crippen LogP contribution < -0.4 is 5.32 Å². The number of rotatable bonds is 5. The van der Waals surface area contributed by atoms with Crippen molar-refractivity contribution in [3.05, 3.63) is 48.3 Å². The number of benzene rings is 1. The summed E-state index contributed by atoms with van der Waals surface area (Å²) >= 11 is 1.47. The Bertz CT molecular complexity index is 606. The average Bonchev–Trinajstić information content (AvgIpc) is 2.48. The molecule has 0 aliphatic carbocycles. The van der Waals surface area contributed by atoms with Crippen LogP contribution in [0.25, 0.3) is 0 Å². The van der Waals surface area contributed by atoms with E-state index in [0.717, 1.165) is 5.03 Å². The summed E-state index contributed by atoms with van der Waals surface area (Å²) in [5, 5.41) is 13.3. The van der Waals surface area contributed by atoms with E-state index in [9.17, 15) is 9.90 Å². The molecule has 1 aromatic carbocycles. The van der Waals surface area contributed by atoms with Crippen molar-refractivity contribution in [3.63, 3.8) is 0 Å². The first kappa shape index (κ1) is 14.3. The number of hydrogen-bond donors (Lipinski definition) is 2. The highest BCUT2D eigenvalue weighted by atomic mass is 32.2. The monoisotopic (exact) mass is 289 g/mol. The lowest BCUT2D eigenvalue weighted by Gasteiger charge is -2.27. The smallest absolute Gasteiger partial charge is 0.333 e. The normalized spacial score (nSPS) is 13.5. The van der Waals surface area contributed by atoms with E-state index in [2.05, 4.69) is 15.3 Å². The average molecular weight is 289 g/mol. The lowest BCUT2D eigenvalue weighted by atomic mass is 9.92. The molecule has 0 aliphatic rings. The van der Waals surface area contributed by atoms with Crippen molar-refractivity contribution >= 4 is 23.5 Å². The first-order valence-electron chi connectivity index (χ1n) is 5.99. The standard InChI is InChI=1S/C14H15N3O2S/c1-14(13(18)19,10-6-4-3-5-7-10)17-11-8-12(20-2)16-9-15-11/h3-9H,1-2H3,(H,18,19)(H,15,16,17). The molecule has 1 aromatic heterocycles. The number of carboxylic acid groups (broad SMARTS) is 1. The molecule has 1 unspecified atom stereocenters. The van der Waals surface area contributed by atoms with Crippen LogP contribution >= 0.6 is 11.8 Å². The van der Waals surface area contributed by atoms with Gasteiger partial charge in [0.1, 0.15) is 17.2 Å². The molecule has 0 bridgehead atoms. The van der Waals surface area contributed by atoms with Gasteiger partial charge in [-0.15, -0.1) is 11.8 Å². The first-order chi connectivity index (χ1) is 9.56. The molecule has 0 saturated carbocycles. The van der Waals surface area contributed by atoms with Crippen LogP contribution in [-0.2, 0) is 10.3 Å². The number of thioether (sulfide) groups is 1. The minimum atomic E-state index is -1.24. The summed E-state index contributed by atoms with van der Waals surface area (Å²) in [4.78, 5) is 19.8. The van der Waals surface area contributed by atoms with Gasteiger partial charge in [-0.05, 0) is 18.7 Å². The van der Waals surface area contributed by atoms with E-state index in [4.69, 9.17) is 0 Å². The molecule has 6 heteroatoms. The van der Waals surface area contributed by atoms with Gasteiger partial charge in [0.05, 0.1) is 0 Å². The molecule has 0 amide bonds. The summed E-state index contributed by atoms with van der Waals surface area (Å²) in [5.74, 6) is -0.480. The van der Waals surface area contributed by atoms with Crippen molar-refractivity contribution in [1.29, 1.82) is 0 Å². The molecule has 2 aromatic rings. The zero-order valence-electron chi connectivity index (χ0n) is 11.2. The zero-order chi connectivity index (χ0) is 14.6. The molecule has 0 spiro atoms. The van der Waals surface area contributed by atoms with Crippen molar-refractivity contribution in [2.75, 3.05) is 11.6 Å². The number of anilines is 1. The highest BCUT2D eigenvalue weighted by Crippen LogP contribution is 2.26. The lowest BCUT2D eigenvalue weighted by molar-refractivity contribution is -0.142. The Balaban J connectivity index is 2.37. The maximum atomic E-state index is 11.7. The fourth-order valence-electron chi connectivity index (χ4n) is 1.80. The van der Waals surface area contributed by atoms with Crippen LogP contribution in [0.4, 0.5) is 5.82 Å². The number of nitrogens with one attached hydrogen (secondary N) is 1. The minimum absolute atomic E-state index is 0.484. The van der Waals surface area contributed by atoms with E-state index in [1.807, 2.05) is 24.5 Å². The van der Waals surface area contributed by atoms with Gasteiger partial charge in [-0.1, -0.05) is 30.3 Å². The molecule has 5 nitrogen and oxygen atoms in total. The second-order valence-electron chi connectivity index (χ2n) is 4.37. The molecule has 1 atom stereocenters. The van der Waals surface area contributed by atoms with Gasteiger partial charge in [-0.25, -0.2) is 14.8 Å². The molecule has 0 fully saturated rings. The van der Waals surface area contributed by atoms with Gasteiger partial charge in [0.15, 0.2) is 5.54 Å². The topological polar surface area (TPSA) is 75.1 Å². The van der Waals surface area contributed by atoms with Gasteiger partial charge in [0.2, 0.25) is 0 Å². The molecule has 104 valence electrons. The van der Waals surface area contributed by atoms with Crippen LogP contribution in [0.3, 0.4) is 0 Å². The van der Waals surface area contributed by atoms with E-state index in [1.165, 1.54) is 18.1 Å². The van der Waals surface area contributed by atoms with Crippen LogP contribution in [0.2, 0.25) is 0 Å². The van der Waals surface area contributed by atoms with Crippen LogP contribution in [0.5, 0.6) is 0 Å². The molecule has 2 N–H and O–H groups in total. The number of aromatic nitrogens is 2. The number of hydrogen-bond acceptors (Lipinski definition) is 5. The predicted molar refractivity (Wildman–Crippen MR) is 78.9 cm³/mol. The SMILES string of the molecule is CSc1cc(NC(C)(C(=O)O)c2ccccc2)ncn1. The van der Waals surface area contributed by atoms with Gasteiger partial charge >= 0.3 is 5.97 Å². The van der Waals surface area contributed by atoms with E-state index in [0.29, 0.717) is 11.4 Å². The third-order valence-electron chi connectivity index (χ3n) is 3.01. The number of carbonyl (C=O) groups is 1. The number of nitrogens with zero attached hydrogens (tertiary/aromatic N) is 2. The predicted octanol–water partition coefficient (Wildman–Crippen LogP) is 2.61. The van der Waals surface area contributed by atoms with Crippen molar-refractivity contribution in [2.45, 2.75) is 17.5 Å². The van der Waals surface area contributed by atoms with Crippen LogP contribution in [-0.4, -0.2) is 27.3 Å². The largest absolute Gasteiger partial charge is 0.479 e. The Hall–Kier alpha value is -2.08. The molecule has 2 rings (SSSR count). The van der Waals surface area contributed by atoms with Crippen molar-refractivity contribution in [3.8, 4) is 0 Å². The van der Waals surface area contributed by atoms with E-state index < -0.39 is 11.5 Å². The molecular formula is C14H15N3O2S. The van der Waals surface area contributed by atoms with Gasteiger partial charge < -0.3 is 10.4 Å². The summed E-state index contributed by atoms with van der Waals surface area (Å²) in [7, 11) is 0. The van der Waals surface area contributed by atoms with Gasteiger partial charge in [0.25, 0.3) is 0 Å². The van der Waals surface area contributed by atoms with Crippen molar-refractivity contribution < 1.29 is 9.90 Å². The zero-order valence-corrected chi connectivity index (χ0v) is 12.0. The maximum absolute atomic E-state index is 11.7. The number of carboxylic acids is 1. The Kier molecular flexibility index (Phi) is 4.24. The Morgan fingerprint density at radius 3 is 2.60 bits per heavy atom. The molecule has 0 saturated heterocycles. The Labute approximate surface area is 121 Å². The van der Waals surface area contributed by atoms with E-state index in [-0.39, 0.29) is 0 Å². The van der Waals surface area contributed by atoms with Gasteiger partial charge in [-0.3, -0.25) is 0 Å². The maximum Gasteiger partial charge on any atom is 0.333 e. The Morgan fingerprint density at radius 1 is 1.30 bits per heavy atom. The third kappa shape index (κ3) is 2.91. The molecule has 1 heterocycles. The molecule has 0 aliphatic heterocycles. The van der Waals surface area contributed by atoms with E-state index >= 15 is 0 Å². The minimum Gasteiger partial charge on any atom is -0.479 e. The van der Waals surface area contributed by atoms with E-state index in [1.54, 1.807) is 25.1 Å². The van der Waals surface area contributed by atoms with Crippen molar-refractivity contribution in [1.82, 2.24) is 9.97 Å². The highest BCUT2D eigenvalue weighted by molar-refractivity contribution is 7.98. The summed E-state index contributed by atoms with van der Waals surface area (Å²) in [6.45, 7) is 1.62. The highest BCUT2D eigenvalue weighted by Gasteiger charge is 2.35. The Morgan fingerprint density at radius 2 is 2.00 bits per heavy atom. The third-order valence-corrected chi connectivity index (χ3v) is 3.65. The molecule has 0 radical (unpaired) electrons. The van der Waals surface area contributed by atoms with Gasteiger partial charge in [-0.2, -0.15) is 0 Å². The first-order valence-corrected chi connectivity index (χ1v) is 7.22. The second kappa shape index (κ2) is 5.92. The van der Waals surface area contributed by atoms with Crippen LogP contribution in [0.15, 0.2) is 47.8 Å². The quantitative estimate of drug-likeness (QED) is 0.651. The second-order valence-corrected chi connectivity index (χ2v) is 5.19. The lowest BCUT2D eigenvalue weighted by Crippen LogP contribution is -2.40.